The Kier molecular flexibility index (Phi) is 6.32. The number of halogens is 2. The second-order valence-corrected chi connectivity index (χ2v) is 9.57. The van der Waals surface area contributed by atoms with Crippen LogP contribution in [0.5, 0.6) is 0 Å². The van der Waals surface area contributed by atoms with E-state index >= 15 is 0 Å². The molecule has 2 N–H and O–H groups in total. The number of rotatable bonds is 5. The molecule has 1 unspecified atom stereocenters. The van der Waals surface area contributed by atoms with E-state index in [1.807, 2.05) is 19.9 Å². The Hall–Kier alpha value is -3.44. The first-order valence-corrected chi connectivity index (χ1v) is 11.4. The maximum Gasteiger partial charge on any atom is 0.237 e. The van der Waals surface area contributed by atoms with Gasteiger partial charge >= 0.3 is 0 Å². The Balaban J connectivity index is 1.65. The highest BCUT2D eigenvalue weighted by molar-refractivity contribution is 6.33. The van der Waals surface area contributed by atoms with E-state index in [0.717, 1.165) is 11.6 Å². The van der Waals surface area contributed by atoms with Crippen molar-refractivity contribution in [3.63, 3.8) is 0 Å². The molecule has 0 aliphatic carbocycles. The first-order valence-electron chi connectivity index (χ1n) is 11.0. The lowest BCUT2D eigenvalue weighted by Crippen LogP contribution is -2.46. The number of anilines is 2. The summed E-state index contributed by atoms with van der Waals surface area (Å²) < 4.78 is 14.3. The number of nitriles is 1. The second kappa shape index (κ2) is 9.07. The van der Waals surface area contributed by atoms with Gasteiger partial charge in [0, 0.05) is 18.7 Å². The highest BCUT2D eigenvalue weighted by Gasteiger charge is 2.56. The molecule has 7 nitrogen and oxygen atoms in total. The van der Waals surface area contributed by atoms with E-state index in [2.05, 4.69) is 16.7 Å². The van der Waals surface area contributed by atoms with Crippen molar-refractivity contribution < 1.29 is 18.8 Å². The van der Waals surface area contributed by atoms with Crippen molar-refractivity contribution in [2.24, 2.45) is 11.8 Å². The molecule has 2 aromatic carbocycles. The van der Waals surface area contributed by atoms with Gasteiger partial charge in [-0.05, 0) is 36.1 Å². The van der Waals surface area contributed by atoms with Crippen molar-refractivity contribution in [2.75, 3.05) is 17.2 Å². The van der Waals surface area contributed by atoms with Crippen LogP contribution in [-0.4, -0.2) is 35.2 Å². The van der Waals surface area contributed by atoms with Crippen LogP contribution in [0.15, 0.2) is 42.5 Å². The van der Waals surface area contributed by atoms with Gasteiger partial charge in [-0.3, -0.25) is 14.4 Å². The number of carbonyl (C=O) groups excluding carboxylic acids is 3. The zero-order valence-corrected chi connectivity index (χ0v) is 19.5. The highest BCUT2D eigenvalue weighted by Crippen LogP contribution is 2.46. The number of para-hydroxylation sites is 2. The smallest absolute Gasteiger partial charge is 0.237 e. The van der Waals surface area contributed by atoms with Crippen LogP contribution in [0.2, 0.25) is 5.02 Å². The van der Waals surface area contributed by atoms with Gasteiger partial charge in [0.1, 0.15) is 17.8 Å². The van der Waals surface area contributed by atoms with E-state index in [-0.39, 0.29) is 41.9 Å². The fourth-order valence-corrected chi connectivity index (χ4v) is 5.02. The van der Waals surface area contributed by atoms with Crippen molar-refractivity contribution in [2.45, 2.75) is 38.1 Å². The van der Waals surface area contributed by atoms with Crippen molar-refractivity contribution in [3.05, 3.63) is 58.9 Å². The molecule has 0 bridgehead atoms. The molecule has 2 heterocycles. The van der Waals surface area contributed by atoms with Crippen LogP contribution in [0.25, 0.3) is 0 Å². The Labute approximate surface area is 201 Å². The molecule has 2 aromatic rings. The number of likely N-dealkylation sites (tertiary alicyclic amines) is 1. The molecule has 1 saturated heterocycles. The quantitative estimate of drug-likeness (QED) is 0.626. The molecule has 0 aromatic heterocycles. The first-order chi connectivity index (χ1) is 16.2. The Morgan fingerprint density at radius 2 is 2.03 bits per heavy atom. The van der Waals surface area contributed by atoms with Crippen LogP contribution in [0.3, 0.4) is 0 Å². The number of carbonyl (C=O) groups is 3. The van der Waals surface area contributed by atoms with Gasteiger partial charge < -0.3 is 15.5 Å². The average molecular weight is 483 g/mol. The first kappa shape index (κ1) is 23.7. The van der Waals surface area contributed by atoms with Gasteiger partial charge in [0.15, 0.2) is 0 Å². The van der Waals surface area contributed by atoms with Crippen LogP contribution in [-0.2, 0) is 19.8 Å². The van der Waals surface area contributed by atoms with Gasteiger partial charge in [-0.1, -0.05) is 49.7 Å². The van der Waals surface area contributed by atoms with Crippen molar-refractivity contribution in [1.82, 2.24) is 4.90 Å². The van der Waals surface area contributed by atoms with Crippen molar-refractivity contribution in [3.8, 4) is 6.07 Å². The number of nitrogens with zero attached hydrogens (tertiary/aromatic N) is 2. The predicted octanol–water partition coefficient (Wildman–Crippen LogP) is 4.09. The van der Waals surface area contributed by atoms with Gasteiger partial charge in [0.05, 0.1) is 22.2 Å². The van der Waals surface area contributed by atoms with Crippen LogP contribution >= 0.6 is 11.6 Å². The average Bonchev–Trinajstić information content (AvgIpc) is 3.32. The van der Waals surface area contributed by atoms with Crippen molar-refractivity contribution >= 4 is 40.7 Å². The molecule has 2 aliphatic rings. The molecular formula is C25H24ClFN4O3. The van der Waals surface area contributed by atoms with Crippen molar-refractivity contribution in [1.29, 1.82) is 5.26 Å². The van der Waals surface area contributed by atoms with Crippen LogP contribution < -0.4 is 10.6 Å². The normalized spacial score (nSPS) is 21.8. The summed E-state index contributed by atoms with van der Waals surface area (Å²) in [5.41, 5.74) is 0.137. The van der Waals surface area contributed by atoms with Gasteiger partial charge in [-0.25, -0.2) is 4.39 Å². The third-order valence-corrected chi connectivity index (χ3v) is 6.76. The van der Waals surface area contributed by atoms with Crippen LogP contribution in [0.4, 0.5) is 15.8 Å². The van der Waals surface area contributed by atoms with Crippen LogP contribution in [0, 0.1) is 29.0 Å². The summed E-state index contributed by atoms with van der Waals surface area (Å²) in [6.07, 6.45) is 0.314. The molecular weight excluding hydrogens is 459 g/mol. The zero-order chi connectivity index (χ0) is 24.6. The third kappa shape index (κ3) is 4.01. The minimum atomic E-state index is -1.18. The third-order valence-electron chi connectivity index (χ3n) is 6.45. The minimum absolute atomic E-state index is 0.0124. The van der Waals surface area contributed by atoms with E-state index in [1.54, 1.807) is 18.2 Å². The molecule has 0 radical (unpaired) electrons. The maximum absolute atomic E-state index is 14.3. The fraction of sp³-hybridized carbons (Fsp3) is 0.360. The van der Waals surface area contributed by atoms with Gasteiger partial charge in [0.2, 0.25) is 17.7 Å². The van der Waals surface area contributed by atoms with E-state index in [4.69, 9.17) is 11.6 Å². The molecule has 3 amide bonds. The number of amides is 3. The van der Waals surface area contributed by atoms with E-state index < -0.39 is 35.0 Å². The predicted molar refractivity (Wildman–Crippen MR) is 125 cm³/mol. The molecule has 176 valence electrons. The monoisotopic (exact) mass is 482 g/mol. The topological polar surface area (TPSA) is 102 Å². The molecule has 9 heteroatoms. The summed E-state index contributed by atoms with van der Waals surface area (Å²) >= 11 is 6.04. The summed E-state index contributed by atoms with van der Waals surface area (Å²) in [6.45, 7) is 3.70. The fourth-order valence-electron chi connectivity index (χ4n) is 4.81. The zero-order valence-electron chi connectivity index (χ0n) is 18.8. The van der Waals surface area contributed by atoms with Crippen LogP contribution in [0.1, 0.15) is 32.3 Å². The summed E-state index contributed by atoms with van der Waals surface area (Å²) in [7, 11) is 0. The largest absolute Gasteiger partial charge is 0.325 e. The van der Waals surface area contributed by atoms with Gasteiger partial charge in [-0.2, -0.15) is 5.26 Å². The number of hydrogen-bond acceptors (Lipinski definition) is 4. The van der Waals surface area contributed by atoms with E-state index in [9.17, 15) is 24.0 Å². The standard InChI is InChI=1S/C25H24ClFN4O3/c1-14(2)10-16(22(32)30-21-18(26)7-5-8-19(21)27)23(33)31-13-25(11-15(31)12-28)17-6-3-4-9-20(17)29-24(25)34/h3-9,14-16H,10-11,13H2,1-2H3,(H,29,34)(H,30,32)/t15-,16?,25-/m0/s1. The highest BCUT2D eigenvalue weighted by atomic mass is 35.5. The molecule has 1 fully saturated rings. The molecule has 4 rings (SSSR count). The van der Waals surface area contributed by atoms with Gasteiger partial charge in [0.25, 0.3) is 0 Å². The lowest BCUT2D eigenvalue weighted by molar-refractivity contribution is -0.141. The number of nitrogens with one attached hydrogen (secondary N) is 2. The molecule has 34 heavy (non-hydrogen) atoms. The molecule has 0 saturated carbocycles. The minimum Gasteiger partial charge on any atom is -0.325 e. The van der Waals surface area contributed by atoms with Gasteiger partial charge in [-0.15, -0.1) is 0 Å². The Morgan fingerprint density at radius 3 is 2.71 bits per heavy atom. The lowest BCUT2D eigenvalue weighted by atomic mass is 9.80. The maximum atomic E-state index is 14.3. The summed E-state index contributed by atoms with van der Waals surface area (Å²) in [5, 5.41) is 15.1. The molecule has 3 atom stereocenters. The van der Waals surface area contributed by atoms with E-state index in [1.165, 1.54) is 17.0 Å². The number of fused-ring (bicyclic) bond motifs is 2. The molecule has 1 spiro atoms. The Morgan fingerprint density at radius 1 is 1.29 bits per heavy atom. The summed E-state index contributed by atoms with van der Waals surface area (Å²) in [5.74, 6) is -3.48. The summed E-state index contributed by atoms with van der Waals surface area (Å²) in [4.78, 5) is 41.1. The summed E-state index contributed by atoms with van der Waals surface area (Å²) in [6, 6.07) is 12.4. The van der Waals surface area contributed by atoms with E-state index in [0.29, 0.717) is 5.69 Å². The Bertz CT molecular complexity index is 1190. The molecule has 2 aliphatic heterocycles. The number of hydrogen-bond donors (Lipinski definition) is 2. The SMILES string of the molecule is CC(C)CC(C(=O)Nc1c(F)cccc1Cl)C(=O)N1C[C@]2(C[C@H]1C#N)C(=O)Nc1ccccc12. The number of benzene rings is 2. The second-order valence-electron chi connectivity index (χ2n) is 9.17. The lowest BCUT2D eigenvalue weighted by Gasteiger charge is -2.27.